The molecule has 2 rings (SSSR count). The lowest BCUT2D eigenvalue weighted by molar-refractivity contribution is -0.129. The van der Waals surface area contributed by atoms with E-state index in [9.17, 15) is 4.79 Å². The highest BCUT2D eigenvalue weighted by atomic mass is 32.1. The fourth-order valence-electron chi connectivity index (χ4n) is 2.09. The molecule has 106 valence electrons. The molecule has 1 aliphatic heterocycles. The highest BCUT2D eigenvalue weighted by molar-refractivity contribution is 7.09. The van der Waals surface area contributed by atoms with Crippen LogP contribution < -0.4 is 5.32 Å². The Morgan fingerprint density at radius 1 is 1.53 bits per heavy atom. The first-order chi connectivity index (χ1) is 8.90. The third kappa shape index (κ3) is 3.43. The first-order valence-corrected chi connectivity index (χ1v) is 7.56. The van der Waals surface area contributed by atoms with Gasteiger partial charge in [0, 0.05) is 42.5 Å². The van der Waals surface area contributed by atoms with E-state index in [1.165, 1.54) is 11.5 Å². The second kappa shape index (κ2) is 5.45. The van der Waals surface area contributed by atoms with E-state index in [4.69, 9.17) is 0 Å². The first-order valence-electron chi connectivity index (χ1n) is 6.78. The van der Waals surface area contributed by atoms with E-state index in [0.717, 1.165) is 30.5 Å². The number of hydrogen-bond acceptors (Lipinski definition) is 5. The molecular formula is C13H22N4OS. The second-order valence-electron chi connectivity index (χ2n) is 6.00. The van der Waals surface area contributed by atoms with Crippen LogP contribution in [0.25, 0.3) is 0 Å². The molecule has 1 aromatic heterocycles. The van der Waals surface area contributed by atoms with Crippen LogP contribution in [-0.4, -0.2) is 39.3 Å². The van der Waals surface area contributed by atoms with Crippen LogP contribution in [0.5, 0.6) is 0 Å². The lowest BCUT2D eigenvalue weighted by atomic mass is 9.96. The number of nitrogens with zero attached hydrogens (tertiary/aromatic N) is 3. The summed E-state index contributed by atoms with van der Waals surface area (Å²) >= 11 is 1.40. The van der Waals surface area contributed by atoms with Crippen molar-refractivity contribution in [1.82, 2.24) is 14.3 Å². The molecule has 0 radical (unpaired) electrons. The zero-order valence-corrected chi connectivity index (χ0v) is 12.9. The predicted molar refractivity (Wildman–Crippen MR) is 77.5 cm³/mol. The average molecular weight is 282 g/mol. The van der Waals surface area contributed by atoms with Crippen LogP contribution in [-0.2, 0) is 10.2 Å². The third-order valence-corrected chi connectivity index (χ3v) is 3.91. The summed E-state index contributed by atoms with van der Waals surface area (Å²) in [5, 5.41) is 4.26. The molecule has 0 spiro atoms. The van der Waals surface area contributed by atoms with Crippen LogP contribution in [0, 0.1) is 0 Å². The zero-order valence-electron chi connectivity index (χ0n) is 12.1. The van der Waals surface area contributed by atoms with Gasteiger partial charge < -0.3 is 10.2 Å². The van der Waals surface area contributed by atoms with Gasteiger partial charge in [-0.15, -0.1) is 0 Å². The lowest BCUT2D eigenvalue weighted by Crippen LogP contribution is -2.30. The highest BCUT2D eigenvalue weighted by Gasteiger charge is 2.26. The average Bonchev–Trinajstić information content (AvgIpc) is 2.97. The van der Waals surface area contributed by atoms with Gasteiger partial charge in [0.25, 0.3) is 0 Å². The summed E-state index contributed by atoms with van der Waals surface area (Å²) in [4.78, 5) is 18.1. The fraction of sp³-hybridized carbons (Fsp3) is 0.769. The Morgan fingerprint density at radius 3 is 2.84 bits per heavy atom. The number of likely N-dealkylation sites (tertiary alicyclic amines) is 1. The van der Waals surface area contributed by atoms with Gasteiger partial charge in [0.05, 0.1) is 0 Å². The SMILES string of the molecule is CCC(=O)N1CCC(Nc2nc(C(C)(C)C)ns2)C1. The summed E-state index contributed by atoms with van der Waals surface area (Å²) in [7, 11) is 0. The Balaban J connectivity index is 1.92. The maximum Gasteiger partial charge on any atom is 0.222 e. The van der Waals surface area contributed by atoms with E-state index in [1.807, 2.05) is 11.8 Å². The van der Waals surface area contributed by atoms with Gasteiger partial charge in [0.15, 0.2) is 0 Å². The van der Waals surface area contributed by atoms with Crippen molar-refractivity contribution in [2.24, 2.45) is 0 Å². The van der Waals surface area contributed by atoms with Crippen molar-refractivity contribution in [2.45, 2.75) is 52.0 Å². The quantitative estimate of drug-likeness (QED) is 0.924. The Bertz CT molecular complexity index is 452. The van der Waals surface area contributed by atoms with Gasteiger partial charge in [-0.2, -0.15) is 4.37 Å². The van der Waals surface area contributed by atoms with Gasteiger partial charge in [0.2, 0.25) is 11.0 Å². The largest absolute Gasteiger partial charge is 0.356 e. The molecule has 6 heteroatoms. The van der Waals surface area contributed by atoms with Gasteiger partial charge in [0.1, 0.15) is 5.82 Å². The van der Waals surface area contributed by atoms with Crippen LogP contribution in [0.1, 0.15) is 46.4 Å². The van der Waals surface area contributed by atoms with Crippen LogP contribution >= 0.6 is 11.5 Å². The number of carbonyl (C=O) groups excluding carboxylic acids is 1. The molecular weight excluding hydrogens is 260 g/mol. The molecule has 1 fully saturated rings. The fourth-order valence-corrected chi connectivity index (χ4v) is 2.92. The maximum atomic E-state index is 11.6. The van der Waals surface area contributed by atoms with Crippen LogP contribution in [0.2, 0.25) is 0 Å². The summed E-state index contributed by atoms with van der Waals surface area (Å²) in [6.45, 7) is 9.85. The van der Waals surface area contributed by atoms with Gasteiger partial charge in [-0.1, -0.05) is 27.7 Å². The third-order valence-electron chi connectivity index (χ3n) is 3.27. The van der Waals surface area contributed by atoms with E-state index < -0.39 is 0 Å². The van der Waals surface area contributed by atoms with Crippen LogP contribution in [0.15, 0.2) is 0 Å². The molecule has 1 aromatic rings. The van der Waals surface area contributed by atoms with Crippen LogP contribution in [0.3, 0.4) is 0 Å². The molecule has 0 saturated carbocycles. The van der Waals surface area contributed by atoms with Crippen molar-refractivity contribution >= 4 is 22.6 Å². The molecule has 5 nitrogen and oxygen atoms in total. The number of amides is 1. The second-order valence-corrected chi connectivity index (χ2v) is 6.75. The van der Waals surface area contributed by atoms with Gasteiger partial charge in [-0.05, 0) is 6.42 Å². The number of carbonyl (C=O) groups is 1. The number of rotatable bonds is 3. The summed E-state index contributed by atoms with van der Waals surface area (Å²) < 4.78 is 4.39. The Hall–Kier alpha value is -1.17. The Kier molecular flexibility index (Phi) is 4.08. The topological polar surface area (TPSA) is 58.1 Å². The molecule has 2 heterocycles. The van der Waals surface area contributed by atoms with Crippen LogP contribution in [0.4, 0.5) is 5.13 Å². The minimum Gasteiger partial charge on any atom is -0.356 e. The molecule has 0 aromatic carbocycles. The molecule has 1 unspecified atom stereocenters. The lowest BCUT2D eigenvalue weighted by Gasteiger charge is -2.16. The zero-order chi connectivity index (χ0) is 14.0. The molecule has 0 aliphatic carbocycles. The van der Waals surface area contributed by atoms with Crippen molar-refractivity contribution in [3.63, 3.8) is 0 Å². The smallest absolute Gasteiger partial charge is 0.222 e. The van der Waals surface area contributed by atoms with Crippen molar-refractivity contribution in [2.75, 3.05) is 18.4 Å². The van der Waals surface area contributed by atoms with Crippen molar-refractivity contribution in [1.29, 1.82) is 0 Å². The number of anilines is 1. The monoisotopic (exact) mass is 282 g/mol. The Morgan fingerprint density at radius 2 is 2.26 bits per heavy atom. The summed E-state index contributed by atoms with van der Waals surface area (Å²) in [5.41, 5.74) is -0.0175. The minimum atomic E-state index is -0.0175. The maximum absolute atomic E-state index is 11.6. The molecule has 19 heavy (non-hydrogen) atoms. The number of hydrogen-bond donors (Lipinski definition) is 1. The van der Waals surface area contributed by atoms with Crippen molar-refractivity contribution < 1.29 is 4.79 Å². The van der Waals surface area contributed by atoms with Crippen molar-refractivity contribution in [3.8, 4) is 0 Å². The van der Waals surface area contributed by atoms with E-state index in [-0.39, 0.29) is 11.3 Å². The summed E-state index contributed by atoms with van der Waals surface area (Å²) in [6.07, 6.45) is 1.57. The molecule has 1 aliphatic rings. The normalized spacial score (nSPS) is 19.8. The van der Waals surface area contributed by atoms with E-state index >= 15 is 0 Å². The molecule has 1 amide bonds. The molecule has 1 saturated heterocycles. The first kappa shape index (κ1) is 14.2. The minimum absolute atomic E-state index is 0.0175. The Labute approximate surface area is 118 Å². The summed E-state index contributed by atoms with van der Waals surface area (Å²) in [5.74, 6) is 1.11. The molecule has 0 bridgehead atoms. The van der Waals surface area contributed by atoms with E-state index in [0.29, 0.717) is 12.5 Å². The highest BCUT2D eigenvalue weighted by Crippen LogP contribution is 2.24. The van der Waals surface area contributed by atoms with Gasteiger partial charge in [-0.3, -0.25) is 4.79 Å². The van der Waals surface area contributed by atoms with Gasteiger partial charge >= 0.3 is 0 Å². The van der Waals surface area contributed by atoms with Crippen molar-refractivity contribution in [3.05, 3.63) is 5.82 Å². The summed E-state index contributed by atoms with van der Waals surface area (Å²) in [6, 6.07) is 0.302. The van der Waals surface area contributed by atoms with E-state index in [2.05, 4.69) is 35.4 Å². The van der Waals surface area contributed by atoms with Gasteiger partial charge in [-0.25, -0.2) is 4.98 Å². The predicted octanol–water partition coefficient (Wildman–Crippen LogP) is 2.26. The van der Waals surface area contributed by atoms with E-state index in [1.54, 1.807) is 0 Å². The molecule has 1 atom stereocenters. The number of aromatic nitrogens is 2. The number of nitrogens with one attached hydrogen (secondary N) is 1. The molecule has 1 N–H and O–H groups in total. The standard InChI is InChI=1S/C13H22N4OS/c1-5-10(18)17-7-6-9(8-17)14-12-15-11(16-19-12)13(2,3)4/h9H,5-8H2,1-4H3,(H,14,15,16).